The zero-order valence-electron chi connectivity index (χ0n) is 17.9. The molecule has 0 aliphatic carbocycles. The summed E-state index contributed by atoms with van der Waals surface area (Å²) in [6.45, 7) is 8.18. The lowest BCUT2D eigenvalue weighted by Gasteiger charge is -2.24. The van der Waals surface area contributed by atoms with Crippen molar-refractivity contribution in [1.82, 2.24) is 9.88 Å². The Kier molecular flexibility index (Phi) is 7.82. The Morgan fingerprint density at radius 1 is 0.966 bits per heavy atom. The number of rotatable bonds is 10. The number of carbonyl (C=O) groups excluding carboxylic acids is 1. The predicted octanol–water partition coefficient (Wildman–Crippen LogP) is 7.09. The van der Waals surface area contributed by atoms with Gasteiger partial charge in [0, 0.05) is 23.4 Å². The zero-order valence-corrected chi connectivity index (χ0v) is 18.7. The maximum Gasteiger partial charge on any atom is 0.254 e. The van der Waals surface area contributed by atoms with E-state index in [4.69, 9.17) is 4.98 Å². The molecule has 29 heavy (non-hydrogen) atoms. The van der Waals surface area contributed by atoms with Gasteiger partial charge in [0.25, 0.3) is 5.91 Å². The first-order chi connectivity index (χ1) is 14.1. The fraction of sp³-hybridized carbons (Fsp3) is 0.440. The number of unbranched alkanes of at least 4 members (excludes halogenated alkanes) is 4. The molecule has 0 N–H and O–H groups in total. The molecule has 3 aromatic rings. The van der Waals surface area contributed by atoms with Crippen LogP contribution in [0.2, 0.25) is 0 Å². The van der Waals surface area contributed by atoms with E-state index >= 15 is 0 Å². The second-order valence-corrected chi connectivity index (χ2v) is 8.98. The largest absolute Gasteiger partial charge is 0.339 e. The van der Waals surface area contributed by atoms with Gasteiger partial charge in [-0.05, 0) is 44.0 Å². The van der Waals surface area contributed by atoms with Crippen molar-refractivity contribution in [3.05, 3.63) is 52.9 Å². The molecule has 0 spiro atoms. The summed E-state index contributed by atoms with van der Waals surface area (Å²) in [5.74, 6) is 0.144. The number of fused-ring (bicyclic) bond motifs is 1. The Morgan fingerprint density at radius 2 is 1.66 bits per heavy atom. The Morgan fingerprint density at radius 3 is 2.28 bits per heavy atom. The molecule has 0 aliphatic heterocycles. The Bertz CT molecular complexity index is 937. The van der Waals surface area contributed by atoms with Crippen LogP contribution in [0.4, 0.5) is 0 Å². The minimum atomic E-state index is 0.144. The summed E-state index contributed by atoms with van der Waals surface area (Å²) in [6, 6.07) is 14.2. The van der Waals surface area contributed by atoms with Gasteiger partial charge in [0.15, 0.2) is 0 Å². The smallest absolute Gasteiger partial charge is 0.254 e. The van der Waals surface area contributed by atoms with Crippen LogP contribution in [0.25, 0.3) is 21.5 Å². The van der Waals surface area contributed by atoms with Crippen molar-refractivity contribution in [1.29, 1.82) is 0 Å². The van der Waals surface area contributed by atoms with E-state index in [1.54, 1.807) is 11.3 Å². The second-order valence-electron chi connectivity index (χ2n) is 7.69. The van der Waals surface area contributed by atoms with E-state index < -0.39 is 0 Å². The van der Waals surface area contributed by atoms with Crippen LogP contribution in [0.5, 0.6) is 0 Å². The van der Waals surface area contributed by atoms with Crippen molar-refractivity contribution in [2.24, 2.45) is 0 Å². The van der Waals surface area contributed by atoms with Gasteiger partial charge in [-0.1, -0.05) is 57.7 Å². The Hall–Kier alpha value is -2.20. The summed E-state index contributed by atoms with van der Waals surface area (Å²) in [7, 11) is 0. The third kappa shape index (κ3) is 5.45. The number of thiophene rings is 1. The van der Waals surface area contributed by atoms with E-state index in [0.717, 1.165) is 78.7 Å². The number of benzene rings is 1. The number of hydrogen-bond donors (Lipinski definition) is 0. The lowest BCUT2D eigenvalue weighted by Crippen LogP contribution is -2.33. The first-order valence-corrected chi connectivity index (χ1v) is 11.7. The first kappa shape index (κ1) is 21.5. The van der Waals surface area contributed by atoms with Gasteiger partial charge >= 0.3 is 0 Å². The van der Waals surface area contributed by atoms with Crippen LogP contribution in [0.1, 0.15) is 67.6 Å². The van der Waals surface area contributed by atoms with Gasteiger partial charge in [-0.15, -0.1) is 11.3 Å². The minimum Gasteiger partial charge on any atom is -0.339 e. The molecule has 2 aromatic heterocycles. The van der Waals surface area contributed by atoms with E-state index in [1.165, 1.54) is 4.88 Å². The van der Waals surface area contributed by atoms with Gasteiger partial charge < -0.3 is 4.90 Å². The molecule has 4 heteroatoms. The summed E-state index contributed by atoms with van der Waals surface area (Å²) in [5, 5.41) is 0.950. The molecule has 1 amide bonds. The molecule has 3 rings (SSSR count). The standard InChI is InChI=1S/C25H32N2OS/c1-4-6-10-16-27(17-11-7-5-2)25(28)21-18-23(24-15-14-19(3)29-24)26-22-13-9-8-12-20(21)22/h8-9,12-15,18H,4-7,10-11,16-17H2,1-3H3. The van der Waals surface area contributed by atoms with Crippen molar-refractivity contribution in [3.63, 3.8) is 0 Å². The number of hydrogen-bond acceptors (Lipinski definition) is 3. The third-order valence-corrected chi connectivity index (χ3v) is 6.31. The number of nitrogens with zero attached hydrogens (tertiary/aromatic N) is 2. The van der Waals surface area contributed by atoms with Crippen molar-refractivity contribution in [2.45, 2.75) is 59.3 Å². The average Bonchev–Trinajstić information content (AvgIpc) is 3.18. The van der Waals surface area contributed by atoms with Gasteiger partial charge in [0.2, 0.25) is 0 Å². The molecular weight excluding hydrogens is 376 g/mol. The Balaban J connectivity index is 1.98. The number of aromatic nitrogens is 1. The third-order valence-electron chi connectivity index (χ3n) is 5.29. The summed E-state index contributed by atoms with van der Waals surface area (Å²) in [6.07, 6.45) is 6.78. The monoisotopic (exact) mass is 408 g/mol. The summed E-state index contributed by atoms with van der Waals surface area (Å²) < 4.78 is 0. The molecule has 0 fully saturated rings. The van der Waals surface area contributed by atoms with E-state index in [-0.39, 0.29) is 5.91 Å². The van der Waals surface area contributed by atoms with E-state index in [9.17, 15) is 4.79 Å². The van der Waals surface area contributed by atoms with Crippen LogP contribution >= 0.6 is 11.3 Å². The van der Waals surface area contributed by atoms with Crippen LogP contribution in [-0.4, -0.2) is 28.9 Å². The lowest BCUT2D eigenvalue weighted by atomic mass is 10.0. The van der Waals surface area contributed by atoms with Crippen molar-refractivity contribution >= 4 is 28.1 Å². The molecule has 3 nitrogen and oxygen atoms in total. The van der Waals surface area contributed by atoms with E-state index in [2.05, 4.69) is 37.8 Å². The predicted molar refractivity (Wildman–Crippen MR) is 125 cm³/mol. The second kappa shape index (κ2) is 10.5. The zero-order chi connectivity index (χ0) is 20.6. The highest BCUT2D eigenvalue weighted by atomic mass is 32.1. The maximum atomic E-state index is 13.6. The van der Waals surface area contributed by atoms with Crippen LogP contribution in [0.15, 0.2) is 42.5 Å². The molecule has 2 heterocycles. The summed E-state index contributed by atoms with van der Waals surface area (Å²) in [4.78, 5) is 22.9. The number of pyridine rings is 1. The van der Waals surface area contributed by atoms with E-state index in [1.807, 2.05) is 30.3 Å². The van der Waals surface area contributed by atoms with Crippen LogP contribution in [-0.2, 0) is 0 Å². The van der Waals surface area contributed by atoms with Crippen molar-refractivity contribution in [3.8, 4) is 10.6 Å². The molecule has 1 aromatic carbocycles. The number of aryl methyl sites for hydroxylation is 1. The molecule has 154 valence electrons. The minimum absolute atomic E-state index is 0.144. The highest BCUT2D eigenvalue weighted by molar-refractivity contribution is 7.15. The molecule has 0 saturated carbocycles. The molecule has 0 saturated heterocycles. The topological polar surface area (TPSA) is 33.2 Å². The lowest BCUT2D eigenvalue weighted by molar-refractivity contribution is 0.0751. The molecule has 0 atom stereocenters. The SMILES string of the molecule is CCCCCN(CCCCC)C(=O)c1cc(-c2ccc(C)s2)nc2ccccc12. The number of carbonyl (C=O) groups is 1. The van der Waals surface area contributed by atoms with Crippen LogP contribution in [0.3, 0.4) is 0 Å². The highest BCUT2D eigenvalue weighted by Gasteiger charge is 2.20. The molecular formula is C25H32N2OS. The fourth-order valence-electron chi connectivity index (χ4n) is 3.64. The Labute approximate surface area is 178 Å². The van der Waals surface area contributed by atoms with Gasteiger partial charge in [-0.25, -0.2) is 4.98 Å². The molecule has 0 aliphatic rings. The van der Waals surface area contributed by atoms with Crippen LogP contribution in [0, 0.1) is 6.92 Å². The molecule has 0 radical (unpaired) electrons. The quantitative estimate of drug-likeness (QED) is 0.335. The summed E-state index contributed by atoms with van der Waals surface area (Å²) in [5.41, 5.74) is 2.57. The molecule has 0 unspecified atom stereocenters. The van der Waals surface area contributed by atoms with Crippen LogP contribution < -0.4 is 0 Å². The van der Waals surface area contributed by atoms with Crippen molar-refractivity contribution in [2.75, 3.05) is 13.1 Å². The van der Waals surface area contributed by atoms with E-state index in [0.29, 0.717) is 0 Å². The van der Waals surface area contributed by atoms with Gasteiger partial charge in [0.05, 0.1) is 21.7 Å². The maximum absolute atomic E-state index is 13.6. The van der Waals surface area contributed by atoms with Gasteiger partial charge in [-0.3, -0.25) is 4.79 Å². The van der Waals surface area contributed by atoms with Crippen molar-refractivity contribution < 1.29 is 4.79 Å². The molecule has 0 bridgehead atoms. The fourth-order valence-corrected chi connectivity index (χ4v) is 4.47. The highest BCUT2D eigenvalue weighted by Crippen LogP contribution is 2.30. The number of amides is 1. The first-order valence-electron chi connectivity index (χ1n) is 10.9. The normalized spacial score (nSPS) is 11.1. The summed E-state index contributed by atoms with van der Waals surface area (Å²) >= 11 is 1.72. The van der Waals surface area contributed by atoms with Gasteiger partial charge in [-0.2, -0.15) is 0 Å². The number of para-hydroxylation sites is 1. The average molecular weight is 409 g/mol. The van der Waals surface area contributed by atoms with Gasteiger partial charge in [0.1, 0.15) is 0 Å².